The van der Waals surface area contributed by atoms with E-state index < -0.39 is 0 Å². The third-order valence-electron chi connectivity index (χ3n) is 0.741. The second kappa shape index (κ2) is 1.30. The van der Waals surface area contributed by atoms with E-state index in [0.29, 0.717) is 0 Å². The Morgan fingerprint density at radius 2 is 1.57 bits per heavy atom. The van der Waals surface area contributed by atoms with Crippen LogP contribution in [0.2, 0.25) is 0 Å². The molecule has 0 aliphatic carbocycles. The average molecular weight is 94.1 g/mol. The second-order valence-electron chi connectivity index (χ2n) is 1.51. The zero-order valence-corrected chi connectivity index (χ0v) is 4.02. The van der Waals surface area contributed by atoms with Gasteiger partial charge in [-0.25, -0.2) is 0 Å². The Labute approximate surface area is 42.3 Å². The number of azo groups is 1. The lowest BCUT2D eigenvalue weighted by molar-refractivity contribution is 1.22. The van der Waals surface area contributed by atoms with Gasteiger partial charge < -0.3 is 0 Å². The van der Waals surface area contributed by atoms with E-state index in [-0.39, 0.29) is 0 Å². The Morgan fingerprint density at radius 3 is 1.71 bits per heavy atom. The summed E-state index contributed by atoms with van der Waals surface area (Å²) >= 11 is 0. The summed E-state index contributed by atoms with van der Waals surface area (Å²) in [6.45, 7) is 7.17. The quantitative estimate of drug-likeness (QED) is 0.437. The van der Waals surface area contributed by atoms with Crippen molar-refractivity contribution in [1.29, 1.82) is 0 Å². The van der Waals surface area contributed by atoms with Gasteiger partial charge in [0.1, 0.15) is 0 Å². The molecule has 0 unspecified atom stereocenters. The molecule has 2 nitrogen and oxygen atoms in total. The molecule has 1 heterocycles. The summed E-state index contributed by atoms with van der Waals surface area (Å²) in [5.41, 5.74) is 1.62. The molecule has 0 fully saturated rings. The lowest BCUT2D eigenvalue weighted by Crippen LogP contribution is -1.64. The van der Waals surface area contributed by atoms with Gasteiger partial charge in [0.25, 0.3) is 0 Å². The Hall–Kier alpha value is -0.920. The topological polar surface area (TPSA) is 24.7 Å². The molecule has 0 spiro atoms. The van der Waals surface area contributed by atoms with Crippen LogP contribution in [0.3, 0.4) is 0 Å². The molecule has 1 aliphatic rings. The summed E-state index contributed by atoms with van der Waals surface area (Å²) in [5.74, 6) is 0. The minimum absolute atomic E-state index is 0.750. The van der Waals surface area contributed by atoms with Crippen molar-refractivity contribution in [3.05, 3.63) is 24.6 Å². The van der Waals surface area contributed by atoms with E-state index in [2.05, 4.69) is 23.4 Å². The van der Waals surface area contributed by atoms with Crippen molar-refractivity contribution in [2.45, 2.75) is 6.42 Å². The summed E-state index contributed by atoms with van der Waals surface area (Å²) in [7, 11) is 0. The van der Waals surface area contributed by atoms with Crippen molar-refractivity contribution in [3.63, 3.8) is 0 Å². The summed E-state index contributed by atoms with van der Waals surface area (Å²) < 4.78 is 0. The highest BCUT2D eigenvalue weighted by Gasteiger charge is 2.01. The van der Waals surface area contributed by atoms with Crippen LogP contribution in [-0.4, -0.2) is 0 Å². The predicted octanol–water partition coefficient (Wildman–Crippen LogP) is 1.87. The minimum Gasteiger partial charge on any atom is -0.156 e. The number of nitrogens with zero attached hydrogens (tertiary/aromatic N) is 2. The largest absolute Gasteiger partial charge is 0.156 e. The molecule has 0 bridgehead atoms. The highest BCUT2D eigenvalue weighted by atomic mass is 15.1. The van der Waals surface area contributed by atoms with Gasteiger partial charge in [-0.3, -0.25) is 0 Å². The first-order valence-corrected chi connectivity index (χ1v) is 2.06. The van der Waals surface area contributed by atoms with Crippen molar-refractivity contribution in [2.75, 3.05) is 0 Å². The summed E-state index contributed by atoms with van der Waals surface area (Å²) in [5, 5.41) is 7.30. The van der Waals surface area contributed by atoms with Crippen molar-refractivity contribution in [2.24, 2.45) is 10.2 Å². The minimum atomic E-state index is 0.750. The first kappa shape index (κ1) is 4.24. The molecular formula is C5H6N2. The monoisotopic (exact) mass is 94.1 g/mol. The fraction of sp³-hybridized carbons (Fsp3) is 0.200. The fourth-order valence-corrected chi connectivity index (χ4v) is 0.448. The summed E-state index contributed by atoms with van der Waals surface area (Å²) in [6.07, 6.45) is 0.750. The van der Waals surface area contributed by atoms with Crippen molar-refractivity contribution < 1.29 is 0 Å². The Bertz CT molecular complexity index is 128. The molecule has 0 saturated carbocycles. The lowest BCUT2D eigenvalue weighted by Gasteiger charge is -1.77. The zero-order valence-electron chi connectivity index (χ0n) is 4.02. The van der Waals surface area contributed by atoms with E-state index in [1.807, 2.05) is 0 Å². The van der Waals surface area contributed by atoms with Gasteiger partial charge in [-0.1, -0.05) is 13.2 Å². The highest BCUT2D eigenvalue weighted by Crippen LogP contribution is 2.17. The van der Waals surface area contributed by atoms with Crippen LogP contribution in [0, 0.1) is 0 Å². The molecule has 1 rings (SSSR count). The van der Waals surface area contributed by atoms with E-state index in [4.69, 9.17) is 0 Å². The standard InChI is InChI=1S/C5H6N2/c1-4-3-5(2)7-6-4/h1-3H2. The van der Waals surface area contributed by atoms with Crippen LogP contribution in [0.1, 0.15) is 6.42 Å². The lowest BCUT2D eigenvalue weighted by atomic mass is 10.3. The second-order valence-corrected chi connectivity index (χ2v) is 1.51. The SMILES string of the molecule is C=C1CC(=C)N=N1. The normalized spacial score (nSPS) is 18.9. The Morgan fingerprint density at radius 1 is 1.14 bits per heavy atom. The third-order valence-corrected chi connectivity index (χ3v) is 0.741. The van der Waals surface area contributed by atoms with Crippen LogP contribution in [0.4, 0.5) is 0 Å². The molecule has 7 heavy (non-hydrogen) atoms. The van der Waals surface area contributed by atoms with Gasteiger partial charge in [0.05, 0.1) is 11.4 Å². The third kappa shape index (κ3) is 0.738. The van der Waals surface area contributed by atoms with E-state index in [1.165, 1.54) is 0 Å². The molecule has 36 valence electrons. The highest BCUT2D eigenvalue weighted by molar-refractivity contribution is 5.11. The van der Waals surface area contributed by atoms with Crippen LogP contribution in [0.5, 0.6) is 0 Å². The zero-order chi connectivity index (χ0) is 5.28. The smallest absolute Gasteiger partial charge is 0.0619 e. The number of hydrogen-bond acceptors (Lipinski definition) is 2. The summed E-state index contributed by atoms with van der Waals surface area (Å²) in [4.78, 5) is 0. The van der Waals surface area contributed by atoms with E-state index >= 15 is 0 Å². The molecule has 1 aliphatic heterocycles. The van der Waals surface area contributed by atoms with Crippen LogP contribution < -0.4 is 0 Å². The van der Waals surface area contributed by atoms with Crippen molar-refractivity contribution >= 4 is 0 Å². The van der Waals surface area contributed by atoms with E-state index in [0.717, 1.165) is 17.8 Å². The molecule has 0 aromatic heterocycles. The molecule has 0 aromatic carbocycles. The van der Waals surface area contributed by atoms with Gasteiger partial charge in [0, 0.05) is 6.42 Å². The molecule has 0 saturated heterocycles. The maximum atomic E-state index is 3.65. The molecule has 0 radical (unpaired) electrons. The van der Waals surface area contributed by atoms with Gasteiger partial charge in [-0.05, 0) is 0 Å². The van der Waals surface area contributed by atoms with Crippen molar-refractivity contribution in [3.8, 4) is 0 Å². The van der Waals surface area contributed by atoms with Crippen LogP contribution in [0.15, 0.2) is 34.8 Å². The van der Waals surface area contributed by atoms with Gasteiger partial charge in [-0.2, -0.15) is 10.2 Å². The van der Waals surface area contributed by atoms with Crippen molar-refractivity contribution in [1.82, 2.24) is 0 Å². The van der Waals surface area contributed by atoms with Crippen LogP contribution in [0.25, 0.3) is 0 Å². The van der Waals surface area contributed by atoms with Crippen LogP contribution >= 0.6 is 0 Å². The van der Waals surface area contributed by atoms with Gasteiger partial charge in [0.15, 0.2) is 0 Å². The van der Waals surface area contributed by atoms with Crippen LogP contribution in [-0.2, 0) is 0 Å². The molecule has 0 atom stereocenters. The Balaban J connectivity index is 2.76. The first-order chi connectivity index (χ1) is 3.29. The maximum Gasteiger partial charge on any atom is 0.0619 e. The number of hydrogen-bond donors (Lipinski definition) is 0. The fourth-order valence-electron chi connectivity index (χ4n) is 0.448. The molecule has 0 amide bonds. The Kier molecular flexibility index (Phi) is 0.785. The summed E-state index contributed by atoms with van der Waals surface area (Å²) in [6, 6.07) is 0. The molecular weight excluding hydrogens is 88.1 g/mol. The average Bonchev–Trinajstić information content (AvgIpc) is 1.87. The van der Waals surface area contributed by atoms with E-state index in [1.54, 1.807) is 0 Å². The van der Waals surface area contributed by atoms with Gasteiger partial charge >= 0.3 is 0 Å². The molecule has 0 aromatic rings. The predicted molar refractivity (Wildman–Crippen MR) is 27.8 cm³/mol. The maximum absolute atomic E-state index is 3.65. The first-order valence-electron chi connectivity index (χ1n) is 2.06. The van der Waals surface area contributed by atoms with Gasteiger partial charge in [-0.15, -0.1) is 0 Å². The number of rotatable bonds is 0. The molecule has 2 heteroatoms. The molecule has 0 N–H and O–H groups in total. The van der Waals surface area contributed by atoms with Gasteiger partial charge in [0.2, 0.25) is 0 Å². The van der Waals surface area contributed by atoms with E-state index in [9.17, 15) is 0 Å².